The molecule has 2 atom stereocenters. The van der Waals surface area contributed by atoms with Crippen LogP contribution in [-0.4, -0.2) is 49.1 Å². The van der Waals surface area contributed by atoms with Gasteiger partial charge in [0, 0.05) is 0 Å². The van der Waals surface area contributed by atoms with Crippen molar-refractivity contribution in [2.24, 2.45) is 0 Å². The number of amides is 2. The maximum Gasteiger partial charge on any atom is 0.417 e. The molecular weight excluding hydrogens is 317 g/mol. The second kappa shape index (κ2) is 6.89. The lowest BCUT2D eigenvalue weighted by Crippen LogP contribution is -2.77. The van der Waals surface area contributed by atoms with Gasteiger partial charge in [-0.25, -0.2) is 14.1 Å². The van der Waals surface area contributed by atoms with E-state index in [4.69, 9.17) is 9.16 Å². The zero-order valence-corrected chi connectivity index (χ0v) is 16.4. The van der Waals surface area contributed by atoms with Crippen LogP contribution in [0.2, 0.25) is 18.1 Å². The Morgan fingerprint density at radius 2 is 1.74 bits per heavy atom. The first-order valence-electron chi connectivity index (χ1n) is 8.33. The third-order valence-electron chi connectivity index (χ3n) is 4.69. The number of likely N-dealkylation sites (tertiary alicyclic amines) is 1. The SMILES string of the molecule is CC[Si](CC)(CC)O[C@@]1(C)C(=O)N(C(=O)OC(C)(C)C)[C@H]1CF. The third-order valence-corrected chi connectivity index (χ3v) is 9.41. The molecule has 1 rings (SSSR count). The highest BCUT2D eigenvalue weighted by Gasteiger charge is 2.64. The Labute approximate surface area is 139 Å². The Morgan fingerprint density at radius 1 is 1.26 bits per heavy atom. The van der Waals surface area contributed by atoms with Gasteiger partial charge in [-0.15, -0.1) is 0 Å². The Morgan fingerprint density at radius 3 is 2.09 bits per heavy atom. The molecule has 0 unspecified atom stereocenters. The Balaban J connectivity index is 2.99. The fraction of sp³-hybridized carbons (Fsp3) is 0.875. The number of carbonyl (C=O) groups is 2. The summed E-state index contributed by atoms with van der Waals surface area (Å²) in [6.07, 6.45) is -0.803. The summed E-state index contributed by atoms with van der Waals surface area (Å²) in [7, 11) is -2.10. The van der Waals surface area contributed by atoms with Gasteiger partial charge in [0.05, 0.1) is 0 Å². The van der Waals surface area contributed by atoms with Gasteiger partial charge < -0.3 is 9.16 Å². The molecule has 0 aromatic rings. The molecule has 1 heterocycles. The van der Waals surface area contributed by atoms with Crippen LogP contribution in [-0.2, 0) is 14.0 Å². The number of β-lactam (4-membered cyclic amide) rings is 1. The molecule has 1 aliphatic heterocycles. The maximum atomic E-state index is 13.6. The molecule has 5 nitrogen and oxygen atoms in total. The van der Waals surface area contributed by atoms with Gasteiger partial charge in [0.2, 0.25) is 0 Å². The average molecular weight is 348 g/mol. The van der Waals surface area contributed by atoms with Gasteiger partial charge in [-0.1, -0.05) is 20.8 Å². The van der Waals surface area contributed by atoms with E-state index in [-0.39, 0.29) is 0 Å². The van der Waals surface area contributed by atoms with Crippen molar-refractivity contribution in [1.82, 2.24) is 4.90 Å². The summed E-state index contributed by atoms with van der Waals surface area (Å²) in [6.45, 7) is 12.0. The van der Waals surface area contributed by atoms with Crippen LogP contribution in [0.15, 0.2) is 0 Å². The highest BCUT2D eigenvalue weighted by atomic mass is 28.4. The number of alkyl halides is 1. The zero-order chi connectivity index (χ0) is 18.1. The number of nitrogens with zero attached hydrogens (tertiary/aromatic N) is 1. The molecule has 1 aliphatic rings. The van der Waals surface area contributed by atoms with Crippen LogP contribution in [0.3, 0.4) is 0 Å². The summed E-state index contributed by atoms with van der Waals surface area (Å²) < 4.78 is 25.0. The topological polar surface area (TPSA) is 55.8 Å². The van der Waals surface area contributed by atoms with Crippen molar-refractivity contribution in [3.05, 3.63) is 0 Å². The predicted octanol–water partition coefficient (Wildman–Crippen LogP) is 3.88. The van der Waals surface area contributed by atoms with E-state index in [0.29, 0.717) is 0 Å². The van der Waals surface area contributed by atoms with Gasteiger partial charge in [-0.05, 0) is 45.8 Å². The third kappa shape index (κ3) is 3.76. The smallest absolute Gasteiger partial charge is 0.417 e. The molecule has 1 saturated heterocycles. The highest BCUT2D eigenvalue weighted by Crippen LogP contribution is 2.40. The number of imide groups is 1. The molecule has 23 heavy (non-hydrogen) atoms. The summed E-state index contributed by atoms with van der Waals surface area (Å²) in [5.41, 5.74) is -2.00. The number of rotatable bonds is 6. The van der Waals surface area contributed by atoms with Crippen molar-refractivity contribution in [2.75, 3.05) is 6.67 Å². The van der Waals surface area contributed by atoms with Gasteiger partial charge in [-0.3, -0.25) is 4.79 Å². The maximum absolute atomic E-state index is 13.6. The van der Waals surface area contributed by atoms with Crippen LogP contribution in [0.5, 0.6) is 0 Å². The lowest BCUT2D eigenvalue weighted by atomic mass is 9.85. The van der Waals surface area contributed by atoms with Crippen molar-refractivity contribution in [3.63, 3.8) is 0 Å². The van der Waals surface area contributed by atoms with E-state index in [2.05, 4.69) is 0 Å². The Kier molecular flexibility index (Phi) is 6.02. The molecular formula is C16H30FNO4Si. The number of ether oxygens (including phenoxy) is 1. The highest BCUT2D eigenvalue weighted by molar-refractivity contribution is 6.73. The average Bonchev–Trinajstić information content (AvgIpc) is 2.47. The van der Waals surface area contributed by atoms with E-state index in [9.17, 15) is 14.0 Å². The standard InChI is InChI=1S/C16H30FNO4Si/c1-8-23(9-2,10-3)22-16(7)12(11-17)18(13(16)19)14(20)21-15(4,5)6/h12H,8-11H2,1-7H3/t12-,16+/m0/s1. The largest absolute Gasteiger partial charge is 0.443 e. The summed E-state index contributed by atoms with van der Waals surface area (Å²) in [6, 6.07) is 1.65. The molecule has 0 N–H and O–H groups in total. The van der Waals surface area contributed by atoms with E-state index in [0.717, 1.165) is 23.0 Å². The number of hydrogen-bond donors (Lipinski definition) is 0. The first kappa shape index (κ1) is 20.1. The van der Waals surface area contributed by atoms with Crippen LogP contribution in [0.25, 0.3) is 0 Å². The summed E-state index contributed by atoms with van der Waals surface area (Å²) in [5.74, 6) is -0.498. The second-order valence-corrected chi connectivity index (χ2v) is 12.0. The zero-order valence-electron chi connectivity index (χ0n) is 15.4. The van der Waals surface area contributed by atoms with Gasteiger partial charge in [0.25, 0.3) is 5.91 Å². The predicted molar refractivity (Wildman–Crippen MR) is 89.5 cm³/mol. The van der Waals surface area contributed by atoms with Crippen LogP contribution in [0.4, 0.5) is 9.18 Å². The van der Waals surface area contributed by atoms with Crippen molar-refractivity contribution in [3.8, 4) is 0 Å². The van der Waals surface area contributed by atoms with Crippen LogP contribution in [0.1, 0.15) is 48.5 Å². The van der Waals surface area contributed by atoms with E-state index in [1.807, 2.05) is 20.8 Å². The fourth-order valence-electron chi connectivity index (χ4n) is 2.97. The first-order valence-corrected chi connectivity index (χ1v) is 10.9. The minimum atomic E-state index is -2.10. The van der Waals surface area contributed by atoms with E-state index < -0.39 is 44.2 Å². The fourth-order valence-corrected chi connectivity index (χ4v) is 6.02. The lowest BCUT2D eigenvalue weighted by Gasteiger charge is -2.54. The molecule has 134 valence electrons. The van der Waals surface area contributed by atoms with Crippen molar-refractivity contribution < 1.29 is 23.1 Å². The molecule has 0 spiro atoms. The molecule has 0 aliphatic carbocycles. The van der Waals surface area contributed by atoms with Crippen molar-refractivity contribution in [2.45, 2.75) is 83.8 Å². The molecule has 0 saturated carbocycles. The minimum absolute atomic E-state index is 0.498. The second-order valence-electron chi connectivity index (χ2n) is 7.28. The quantitative estimate of drug-likeness (QED) is 0.540. The molecule has 0 bridgehead atoms. The molecule has 0 aromatic heterocycles. The van der Waals surface area contributed by atoms with Gasteiger partial charge in [0.1, 0.15) is 18.3 Å². The first-order chi connectivity index (χ1) is 10.5. The van der Waals surface area contributed by atoms with Crippen LogP contribution < -0.4 is 0 Å². The van der Waals surface area contributed by atoms with E-state index in [1.165, 1.54) is 0 Å². The van der Waals surface area contributed by atoms with E-state index >= 15 is 0 Å². The number of carbonyl (C=O) groups excluding carboxylic acids is 2. The lowest BCUT2D eigenvalue weighted by molar-refractivity contribution is -0.181. The van der Waals surface area contributed by atoms with Crippen molar-refractivity contribution >= 4 is 20.3 Å². The van der Waals surface area contributed by atoms with Gasteiger partial charge >= 0.3 is 6.09 Å². The molecule has 7 heteroatoms. The molecule has 1 fully saturated rings. The van der Waals surface area contributed by atoms with E-state index in [1.54, 1.807) is 27.7 Å². The molecule has 0 radical (unpaired) electrons. The summed E-state index contributed by atoms with van der Waals surface area (Å²) >= 11 is 0. The number of hydrogen-bond acceptors (Lipinski definition) is 4. The summed E-state index contributed by atoms with van der Waals surface area (Å²) in [5, 5.41) is 0. The van der Waals surface area contributed by atoms with Gasteiger partial charge in [-0.2, -0.15) is 0 Å². The van der Waals surface area contributed by atoms with Crippen LogP contribution >= 0.6 is 0 Å². The number of halogens is 1. The monoisotopic (exact) mass is 347 g/mol. The summed E-state index contributed by atoms with van der Waals surface area (Å²) in [4.78, 5) is 25.6. The normalized spacial score (nSPS) is 25.3. The Hall–Kier alpha value is -0.953. The van der Waals surface area contributed by atoms with Gasteiger partial charge in [0.15, 0.2) is 13.9 Å². The van der Waals surface area contributed by atoms with Crippen molar-refractivity contribution in [1.29, 1.82) is 0 Å². The Bertz CT molecular complexity index is 453. The minimum Gasteiger partial charge on any atom is -0.443 e. The molecule has 2 amide bonds. The molecule has 0 aromatic carbocycles. The van der Waals surface area contributed by atoms with Crippen LogP contribution in [0, 0.1) is 0 Å².